The lowest BCUT2D eigenvalue weighted by atomic mass is 9.84. The van der Waals surface area contributed by atoms with Crippen molar-refractivity contribution in [1.82, 2.24) is 0 Å². The molecule has 0 aliphatic rings. The number of unbranched alkanes of at least 4 members (excludes halogenated alkanes) is 28. The van der Waals surface area contributed by atoms with Gasteiger partial charge < -0.3 is 24.1 Å². The highest BCUT2D eigenvalue weighted by Crippen LogP contribution is 2.23. The van der Waals surface area contributed by atoms with Gasteiger partial charge in [-0.25, -0.2) is 0 Å². The fourth-order valence-electron chi connectivity index (χ4n) is 8.08. The molecule has 0 aliphatic heterocycles. The summed E-state index contributed by atoms with van der Waals surface area (Å²) in [6, 6.07) is 0. The van der Waals surface area contributed by atoms with E-state index in [0.717, 1.165) is 49.9 Å². The van der Waals surface area contributed by atoms with Gasteiger partial charge in [-0.1, -0.05) is 235 Å². The van der Waals surface area contributed by atoms with Crippen LogP contribution in [0.15, 0.2) is 0 Å². The molecule has 0 heterocycles. The summed E-state index contributed by atoms with van der Waals surface area (Å²) >= 11 is 0. The maximum absolute atomic E-state index is 12.5. The Kier molecular flexibility index (Phi) is 46.4. The molecule has 0 N–H and O–H groups in total. The SMILES string of the molecule is CCC(C(C)C)C(C)C.CCCCCCCCCCCCCCCCCC(=O)OCC(COC(=O)CCC(=O)[O-])OC(=O)CCCCCCCCCCCCCCCCC. The van der Waals surface area contributed by atoms with Gasteiger partial charge in [0, 0.05) is 18.8 Å². The molecule has 1 atom stereocenters. The molecule has 0 spiro atoms. The first-order chi connectivity index (χ1) is 29.0. The van der Waals surface area contributed by atoms with E-state index in [1.54, 1.807) is 0 Å². The highest BCUT2D eigenvalue weighted by Gasteiger charge is 2.20. The first-order valence-corrected chi connectivity index (χ1v) is 25.7. The molecule has 0 aromatic heterocycles. The third kappa shape index (κ3) is 45.4. The van der Waals surface area contributed by atoms with Crippen molar-refractivity contribution < 1.29 is 38.5 Å². The molecule has 8 heteroatoms. The number of carbonyl (C=O) groups excluding carboxylic acids is 4. The molecule has 0 aromatic carbocycles. The predicted octanol–water partition coefficient (Wildman–Crippen LogP) is 14.4. The quantitative estimate of drug-likeness (QED) is 0.0338. The second-order valence-electron chi connectivity index (χ2n) is 18.3. The molecule has 0 saturated carbocycles. The van der Waals surface area contributed by atoms with E-state index >= 15 is 0 Å². The van der Waals surface area contributed by atoms with Crippen molar-refractivity contribution in [2.24, 2.45) is 17.8 Å². The number of ether oxygens (including phenoxy) is 3. The Hall–Kier alpha value is -2.12. The van der Waals surface area contributed by atoms with Crippen molar-refractivity contribution in [2.45, 2.75) is 279 Å². The summed E-state index contributed by atoms with van der Waals surface area (Å²) in [4.78, 5) is 47.5. The first-order valence-electron chi connectivity index (χ1n) is 25.7. The van der Waals surface area contributed by atoms with Gasteiger partial charge in [0.15, 0.2) is 6.10 Å². The minimum Gasteiger partial charge on any atom is -0.550 e. The number of hydrogen-bond acceptors (Lipinski definition) is 8. The Morgan fingerprint density at radius 3 is 0.933 bits per heavy atom. The van der Waals surface area contributed by atoms with Crippen molar-refractivity contribution in [3.05, 3.63) is 0 Å². The maximum atomic E-state index is 12.5. The molecule has 0 radical (unpaired) electrons. The number of aliphatic carboxylic acids is 1. The van der Waals surface area contributed by atoms with E-state index in [0.29, 0.717) is 12.8 Å². The van der Waals surface area contributed by atoms with Crippen LogP contribution in [0.5, 0.6) is 0 Å². The topological polar surface area (TPSA) is 119 Å². The van der Waals surface area contributed by atoms with Gasteiger partial charge in [0.05, 0.1) is 6.42 Å². The lowest BCUT2D eigenvalue weighted by Gasteiger charge is -2.22. The lowest BCUT2D eigenvalue weighted by Crippen LogP contribution is -2.31. The molecular weight excluding hydrogens is 753 g/mol. The largest absolute Gasteiger partial charge is 0.550 e. The minimum absolute atomic E-state index is 0.198. The van der Waals surface area contributed by atoms with E-state index in [-0.39, 0.29) is 32.0 Å². The van der Waals surface area contributed by atoms with Crippen LogP contribution in [0.3, 0.4) is 0 Å². The van der Waals surface area contributed by atoms with Crippen molar-refractivity contribution in [3.63, 3.8) is 0 Å². The van der Waals surface area contributed by atoms with Crippen LogP contribution in [-0.4, -0.2) is 43.2 Å². The smallest absolute Gasteiger partial charge is 0.306 e. The molecule has 0 aromatic rings. The highest BCUT2D eigenvalue weighted by atomic mass is 16.6. The molecule has 0 aliphatic carbocycles. The molecule has 0 fully saturated rings. The van der Waals surface area contributed by atoms with E-state index in [1.165, 1.54) is 161 Å². The van der Waals surface area contributed by atoms with Crippen LogP contribution in [0.2, 0.25) is 0 Å². The molecule has 0 amide bonds. The van der Waals surface area contributed by atoms with Crippen molar-refractivity contribution in [2.75, 3.05) is 13.2 Å². The van der Waals surface area contributed by atoms with Crippen LogP contribution in [-0.2, 0) is 33.4 Å². The monoisotopic (exact) mass is 852 g/mol. The Labute approximate surface area is 371 Å². The van der Waals surface area contributed by atoms with Crippen LogP contribution >= 0.6 is 0 Å². The summed E-state index contributed by atoms with van der Waals surface area (Å²) in [5, 5.41) is 10.7. The number of carboxylic acids is 1. The maximum Gasteiger partial charge on any atom is 0.306 e. The van der Waals surface area contributed by atoms with E-state index < -0.39 is 30.4 Å². The number of carbonyl (C=O) groups is 4. The third-order valence-corrected chi connectivity index (χ3v) is 11.8. The summed E-state index contributed by atoms with van der Waals surface area (Å²) in [7, 11) is 0. The van der Waals surface area contributed by atoms with Gasteiger partial charge in [-0.05, 0) is 37.0 Å². The van der Waals surface area contributed by atoms with Gasteiger partial charge >= 0.3 is 17.9 Å². The average Bonchev–Trinajstić information content (AvgIpc) is 3.21. The van der Waals surface area contributed by atoms with E-state index in [9.17, 15) is 24.3 Å². The third-order valence-electron chi connectivity index (χ3n) is 11.8. The van der Waals surface area contributed by atoms with Gasteiger partial charge in [0.1, 0.15) is 13.2 Å². The van der Waals surface area contributed by atoms with Crippen molar-refractivity contribution in [3.8, 4) is 0 Å². The minimum atomic E-state index is -1.34. The summed E-state index contributed by atoms with van der Waals surface area (Å²) in [5.74, 6) is -0.219. The second kappa shape index (κ2) is 46.4. The van der Waals surface area contributed by atoms with Crippen LogP contribution < -0.4 is 5.11 Å². The van der Waals surface area contributed by atoms with E-state index in [4.69, 9.17) is 14.2 Å². The zero-order chi connectivity index (χ0) is 44.9. The van der Waals surface area contributed by atoms with Gasteiger partial charge in [-0.15, -0.1) is 0 Å². The molecule has 0 saturated heterocycles. The molecule has 356 valence electrons. The zero-order valence-corrected chi connectivity index (χ0v) is 40.7. The average molecular weight is 852 g/mol. The van der Waals surface area contributed by atoms with E-state index in [2.05, 4.69) is 48.5 Å². The van der Waals surface area contributed by atoms with Gasteiger partial charge in [0.2, 0.25) is 0 Å². The summed E-state index contributed by atoms with van der Waals surface area (Å²) < 4.78 is 16.0. The Morgan fingerprint density at radius 1 is 0.383 bits per heavy atom. The second-order valence-corrected chi connectivity index (χ2v) is 18.3. The highest BCUT2D eigenvalue weighted by molar-refractivity contribution is 5.75. The molecule has 0 bridgehead atoms. The predicted molar refractivity (Wildman–Crippen MR) is 249 cm³/mol. The van der Waals surface area contributed by atoms with Gasteiger partial charge in [-0.2, -0.15) is 0 Å². The Balaban J connectivity index is 0. The van der Waals surface area contributed by atoms with Crippen LogP contribution in [0, 0.1) is 17.8 Å². The summed E-state index contributed by atoms with van der Waals surface area (Å²) in [6.07, 6.45) is 37.6. The zero-order valence-electron chi connectivity index (χ0n) is 40.7. The van der Waals surface area contributed by atoms with E-state index in [1.807, 2.05) is 0 Å². The fourth-order valence-corrected chi connectivity index (χ4v) is 8.08. The first kappa shape index (κ1) is 60.0. The molecular formula is C52H99O8-. The number of carboxylic acid groups (broad SMARTS) is 1. The van der Waals surface area contributed by atoms with Crippen LogP contribution in [0.25, 0.3) is 0 Å². The summed E-state index contributed by atoms with van der Waals surface area (Å²) in [6.45, 7) is 15.6. The van der Waals surface area contributed by atoms with Crippen molar-refractivity contribution >= 4 is 23.9 Å². The number of esters is 3. The lowest BCUT2D eigenvalue weighted by molar-refractivity contribution is -0.305. The molecule has 8 nitrogen and oxygen atoms in total. The Morgan fingerprint density at radius 2 is 0.667 bits per heavy atom. The van der Waals surface area contributed by atoms with Crippen LogP contribution in [0.1, 0.15) is 273 Å². The fraction of sp³-hybridized carbons (Fsp3) is 0.923. The number of hydrogen-bond donors (Lipinski definition) is 0. The number of rotatable bonds is 43. The van der Waals surface area contributed by atoms with Gasteiger partial charge in [-0.3, -0.25) is 14.4 Å². The normalized spacial score (nSPS) is 11.8. The summed E-state index contributed by atoms with van der Waals surface area (Å²) in [5.41, 5.74) is 0. The molecule has 60 heavy (non-hydrogen) atoms. The van der Waals surface area contributed by atoms with Crippen molar-refractivity contribution in [1.29, 1.82) is 0 Å². The molecule has 1 unspecified atom stereocenters. The molecule has 0 rings (SSSR count). The van der Waals surface area contributed by atoms with Crippen LogP contribution in [0.4, 0.5) is 0 Å². The Bertz CT molecular complexity index is 956. The van der Waals surface area contributed by atoms with Gasteiger partial charge in [0.25, 0.3) is 0 Å². The standard InChI is InChI=1S/C43H80O8.C9H20/c1-3-5-7-9-11-13-15-17-19-21-23-25-27-29-31-33-41(46)49-37-39(38-50-42(47)36-35-40(44)45)51-43(48)34-32-30-28-26-24-22-20-18-16-14-12-10-8-6-4-2;1-6-9(7(2)3)8(4)5/h39H,3-38H2,1-2H3,(H,44,45);7-9H,6H2,1-5H3/p-1.